The number of nitrogens with zero attached hydrogens (tertiary/aromatic N) is 5. The van der Waals surface area contributed by atoms with Crippen LogP contribution < -0.4 is 4.74 Å². The van der Waals surface area contributed by atoms with Gasteiger partial charge in [-0.15, -0.1) is 5.10 Å². The molecule has 2 heterocycles. The van der Waals surface area contributed by atoms with Crippen LogP contribution in [0.25, 0.3) is 17.1 Å². The summed E-state index contributed by atoms with van der Waals surface area (Å²) in [6, 6.07) is 22.2. The van der Waals surface area contributed by atoms with Crippen molar-refractivity contribution < 1.29 is 14.3 Å². The van der Waals surface area contributed by atoms with Crippen molar-refractivity contribution in [2.24, 2.45) is 0 Å². The number of ether oxygens (including phenoxy) is 1. The first-order valence-electron chi connectivity index (χ1n) is 11.4. The van der Waals surface area contributed by atoms with Gasteiger partial charge in [-0.25, -0.2) is 9.67 Å². The van der Waals surface area contributed by atoms with Crippen LogP contribution in [-0.4, -0.2) is 43.2 Å². The number of carbonyl (C=O) groups is 2. The molecule has 8 nitrogen and oxygen atoms in total. The lowest BCUT2D eigenvalue weighted by atomic mass is 9.90. The Morgan fingerprint density at radius 1 is 0.889 bits per heavy atom. The molecule has 36 heavy (non-hydrogen) atoms. The number of hydrogen-bond acceptors (Lipinski definition) is 6. The maximum Gasteiger partial charge on any atom is 0.214 e. The van der Waals surface area contributed by atoms with Crippen LogP contribution in [0.2, 0.25) is 0 Å². The van der Waals surface area contributed by atoms with Gasteiger partial charge in [-0.2, -0.15) is 0 Å². The molecule has 0 spiro atoms. The average Bonchev–Trinajstić information content (AvgIpc) is 3.53. The van der Waals surface area contributed by atoms with Crippen LogP contribution in [0.3, 0.4) is 0 Å². The molecule has 1 aliphatic rings. The van der Waals surface area contributed by atoms with E-state index in [1.54, 1.807) is 40.6 Å². The number of benzene rings is 3. The van der Waals surface area contributed by atoms with E-state index in [2.05, 4.69) is 15.3 Å². The summed E-state index contributed by atoms with van der Waals surface area (Å²) in [4.78, 5) is 31.6. The highest BCUT2D eigenvalue weighted by atomic mass is 16.5. The van der Waals surface area contributed by atoms with E-state index in [1.165, 1.54) is 0 Å². The van der Waals surface area contributed by atoms with Gasteiger partial charge in [0.05, 0.1) is 25.5 Å². The number of imidazole rings is 1. The number of ketones is 2. The third kappa shape index (κ3) is 3.51. The second-order valence-electron chi connectivity index (χ2n) is 8.64. The van der Waals surface area contributed by atoms with Crippen molar-refractivity contribution >= 4 is 11.6 Å². The lowest BCUT2D eigenvalue weighted by Gasteiger charge is -2.16. The Kier molecular flexibility index (Phi) is 5.07. The van der Waals surface area contributed by atoms with Crippen LogP contribution >= 0.6 is 0 Å². The third-order valence-corrected chi connectivity index (χ3v) is 6.30. The van der Waals surface area contributed by atoms with Gasteiger partial charge in [0.2, 0.25) is 11.6 Å². The van der Waals surface area contributed by atoms with E-state index in [-0.39, 0.29) is 29.5 Å². The van der Waals surface area contributed by atoms with E-state index >= 15 is 0 Å². The summed E-state index contributed by atoms with van der Waals surface area (Å²) in [7, 11) is 1.59. The molecule has 8 heteroatoms. The number of methoxy groups -OCH3 is 1. The fourth-order valence-electron chi connectivity index (χ4n) is 4.47. The molecule has 0 N–H and O–H groups in total. The number of aromatic nitrogens is 5. The molecule has 0 aliphatic heterocycles. The first-order chi connectivity index (χ1) is 17.5. The van der Waals surface area contributed by atoms with E-state index in [1.807, 2.05) is 61.7 Å². The van der Waals surface area contributed by atoms with Crippen molar-refractivity contribution in [1.29, 1.82) is 0 Å². The molecule has 0 saturated heterocycles. The molecule has 0 radical (unpaired) electrons. The average molecular weight is 476 g/mol. The predicted molar refractivity (Wildman–Crippen MR) is 133 cm³/mol. The maximum absolute atomic E-state index is 13.6. The smallest absolute Gasteiger partial charge is 0.214 e. The zero-order valence-electron chi connectivity index (χ0n) is 19.7. The predicted octanol–water partition coefficient (Wildman–Crippen LogP) is 4.27. The Balaban J connectivity index is 1.49. The van der Waals surface area contributed by atoms with E-state index in [9.17, 15) is 9.59 Å². The third-order valence-electron chi connectivity index (χ3n) is 6.30. The first-order valence-corrected chi connectivity index (χ1v) is 11.4. The molecule has 1 aliphatic carbocycles. The van der Waals surface area contributed by atoms with Crippen LogP contribution in [0.5, 0.6) is 5.75 Å². The van der Waals surface area contributed by atoms with Crippen molar-refractivity contribution in [1.82, 2.24) is 24.5 Å². The van der Waals surface area contributed by atoms with E-state index in [4.69, 9.17) is 4.74 Å². The second-order valence-corrected chi connectivity index (χ2v) is 8.64. The lowest BCUT2D eigenvalue weighted by Crippen LogP contribution is -2.23. The van der Waals surface area contributed by atoms with E-state index in [0.717, 1.165) is 16.8 Å². The number of aryl methyl sites for hydroxylation is 1. The molecule has 0 atom stereocenters. The first kappa shape index (κ1) is 21.7. The molecule has 5 aromatic rings. The van der Waals surface area contributed by atoms with Gasteiger partial charge in [0, 0.05) is 16.7 Å². The quantitative estimate of drug-likeness (QED) is 0.370. The van der Waals surface area contributed by atoms with Gasteiger partial charge in [0.25, 0.3) is 0 Å². The molecule has 176 valence electrons. The fourth-order valence-corrected chi connectivity index (χ4v) is 4.47. The summed E-state index contributed by atoms with van der Waals surface area (Å²) in [5.41, 5.74) is 4.50. The van der Waals surface area contributed by atoms with Crippen molar-refractivity contribution in [2.45, 2.75) is 13.5 Å². The Hall–Kier alpha value is -4.85. The van der Waals surface area contributed by atoms with Gasteiger partial charge in [-0.05, 0) is 31.2 Å². The zero-order valence-corrected chi connectivity index (χ0v) is 19.7. The standard InChI is InChI=1S/C28H21N5O3/c1-17-10-12-20(13-11-17)33-16-19(30-31-33)15-32-25-24(26(34)22-8-3-4-9-23(22)27(25)35)29-28(32)18-6-5-7-21(14-18)36-2/h3-14,16H,15H2,1-2H3. The van der Waals surface area contributed by atoms with Gasteiger partial charge in [-0.1, -0.05) is 59.3 Å². The van der Waals surface area contributed by atoms with Crippen LogP contribution in [-0.2, 0) is 6.54 Å². The summed E-state index contributed by atoms with van der Waals surface area (Å²) in [6.45, 7) is 2.23. The van der Waals surface area contributed by atoms with Crippen molar-refractivity contribution in [3.8, 4) is 22.8 Å². The van der Waals surface area contributed by atoms with Crippen molar-refractivity contribution in [2.75, 3.05) is 7.11 Å². The van der Waals surface area contributed by atoms with Crippen LogP contribution in [0.4, 0.5) is 0 Å². The van der Waals surface area contributed by atoms with Gasteiger partial charge < -0.3 is 9.30 Å². The van der Waals surface area contributed by atoms with Crippen LogP contribution in [0.15, 0.2) is 79.0 Å². The van der Waals surface area contributed by atoms with Crippen molar-refractivity contribution in [3.05, 3.63) is 113 Å². The minimum Gasteiger partial charge on any atom is -0.497 e. The van der Waals surface area contributed by atoms with E-state index < -0.39 is 0 Å². The molecule has 0 amide bonds. The second kappa shape index (κ2) is 8.42. The fraction of sp³-hybridized carbons (Fsp3) is 0.107. The molecule has 2 aromatic heterocycles. The molecule has 0 saturated carbocycles. The number of hydrogen-bond donors (Lipinski definition) is 0. The maximum atomic E-state index is 13.6. The minimum atomic E-state index is -0.272. The Labute approximate surface area is 206 Å². The van der Waals surface area contributed by atoms with Gasteiger partial charge in [-0.3, -0.25) is 9.59 Å². The lowest BCUT2D eigenvalue weighted by molar-refractivity contribution is 0.0971. The molecule has 0 unspecified atom stereocenters. The summed E-state index contributed by atoms with van der Waals surface area (Å²) in [5, 5.41) is 8.61. The minimum absolute atomic E-state index is 0.141. The summed E-state index contributed by atoms with van der Waals surface area (Å²) < 4.78 is 8.83. The molecular formula is C28H21N5O3. The highest BCUT2D eigenvalue weighted by Crippen LogP contribution is 2.33. The number of fused-ring (bicyclic) bond motifs is 2. The largest absolute Gasteiger partial charge is 0.497 e. The van der Waals surface area contributed by atoms with Crippen LogP contribution in [0.1, 0.15) is 43.4 Å². The Morgan fingerprint density at radius 3 is 2.39 bits per heavy atom. The summed E-state index contributed by atoms with van der Waals surface area (Å²) >= 11 is 0. The topological polar surface area (TPSA) is 91.9 Å². The van der Waals surface area contributed by atoms with Crippen molar-refractivity contribution in [3.63, 3.8) is 0 Å². The van der Waals surface area contributed by atoms with Gasteiger partial charge in [0.15, 0.2) is 0 Å². The zero-order chi connectivity index (χ0) is 24.8. The Morgan fingerprint density at radius 2 is 1.64 bits per heavy atom. The molecule has 0 bridgehead atoms. The summed E-state index contributed by atoms with van der Waals surface area (Å²) in [6.07, 6.45) is 1.81. The Bertz CT molecular complexity index is 1650. The van der Waals surface area contributed by atoms with E-state index in [0.29, 0.717) is 28.4 Å². The monoisotopic (exact) mass is 475 g/mol. The number of rotatable bonds is 5. The summed E-state index contributed by atoms with van der Waals surface area (Å²) in [5.74, 6) is 0.615. The molecule has 6 rings (SSSR count). The van der Waals surface area contributed by atoms with Gasteiger partial charge >= 0.3 is 0 Å². The van der Waals surface area contributed by atoms with Crippen LogP contribution in [0, 0.1) is 6.92 Å². The molecular weight excluding hydrogens is 454 g/mol. The molecule has 0 fully saturated rings. The highest BCUT2D eigenvalue weighted by molar-refractivity contribution is 6.27. The highest BCUT2D eigenvalue weighted by Gasteiger charge is 2.36. The normalized spacial score (nSPS) is 12.4. The SMILES string of the molecule is COc1cccc(-c2nc3c(n2Cc2cn(-c4ccc(C)cc4)nn2)C(=O)c2ccccc2C3=O)c1. The molecule has 3 aromatic carbocycles. The van der Waals surface area contributed by atoms with Gasteiger partial charge in [0.1, 0.15) is 28.7 Å². The number of carbonyl (C=O) groups excluding carboxylic acids is 2.